The molecule has 0 heterocycles. The number of nitrogens with one attached hydrogen (secondary N) is 1. The zero-order chi connectivity index (χ0) is 22.3. The second kappa shape index (κ2) is 10.8. The number of ether oxygens (including phenoxy) is 1. The van der Waals surface area contributed by atoms with Crippen molar-refractivity contribution in [2.75, 3.05) is 13.7 Å². The van der Waals surface area contributed by atoms with Crippen LogP contribution in [0.25, 0.3) is 0 Å². The summed E-state index contributed by atoms with van der Waals surface area (Å²) < 4.78 is 5.22. The molecule has 0 aliphatic rings. The highest BCUT2D eigenvalue weighted by Gasteiger charge is 2.26. The number of aryl methyl sites for hydroxylation is 2. The van der Waals surface area contributed by atoms with E-state index in [0.29, 0.717) is 19.0 Å². The minimum Gasteiger partial charge on any atom is -0.497 e. The summed E-state index contributed by atoms with van der Waals surface area (Å²) in [5.74, 6) is 0.912. The highest BCUT2D eigenvalue weighted by Crippen LogP contribution is 2.18. The van der Waals surface area contributed by atoms with Gasteiger partial charge in [-0.1, -0.05) is 49.7 Å². The molecule has 0 saturated heterocycles. The molecular weight excluding hydrogens is 376 g/mol. The minimum atomic E-state index is -0.566. The van der Waals surface area contributed by atoms with Gasteiger partial charge in [0.1, 0.15) is 11.8 Å². The second-order valence-corrected chi connectivity index (χ2v) is 8.29. The first-order valence-corrected chi connectivity index (χ1v) is 10.5. The lowest BCUT2D eigenvalue weighted by Crippen LogP contribution is -2.48. The molecule has 5 heteroatoms. The van der Waals surface area contributed by atoms with Gasteiger partial charge >= 0.3 is 0 Å². The van der Waals surface area contributed by atoms with Gasteiger partial charge in [-0.25, -0.2) is 0 Å². The largest absolute Gasteiger partial charge is 0.497 e. The number of hydrogen-bond acceptors (Lipinski definition) is 3. The molecule has 2 aromatic rings. The van der Waals surface area contributed by atoms with Crippen LogP contribution in [0.4, 0.5) is 0 Å². The molecule has 0 aliphatic carbocycles. The van der Waals surface area contributed by atoms with Gasteiger partial charge in [0, 0.05) is 13.1 Å². The first kappa shape index (κ1) is 23.5. The van der Waals surface area contributed by atoms with Crippen molar-refractivity contribution in [2.45, 2.75) is 53.6 Å². The van der Waals surface area contributed by atoms with Crippen LogP contribution in [-0.2, 0) is 22.6 Å². The van der Waals surface area contributed by atoms with Gasteiger partial charge in [-0.3, -0.25) is 9.59 Å². The van der Waals surface area contributed by atoms with Gasteiger partial charge in [-0.05, 0) is 55.5 Å². The van der Waals surface area contributed by atoms with E-state index in [2.05, 4.69) is 5.32 Å². The lowest BCUT2D eigenvalue weighted by atomic mass is 10.0. The Bertz CT molecular complexity index is 859. The van der Waals surface area contributed by atoms with Crippen LogP contribution in [0.5, 0.6) is 5.75 Å². The number of rotatable bonds is 9. The second-order valence-electron chi connectivity index (χ2n) is 8.29. The number of nitrogens with zero attached hydrogens (tertiary/aromatic N) is 1. The van der Waals surface area contributed by atoms with Crippen molar-refractivity contribution in [1.29, 1.82) is 0 Å². The molecule has 1 N–H and O–H groups in total. The maximum absolute atomic E-state index is 13.3. The molecule has 2 amide bonds. The van der Waals surface area contributed by atoms with Crippen LogP contribution >= 0.6 is 0 Å². The number of hydrogen-bond donors (Lipinski definition) is 1. The molecule has 0 fully saturated rings. The Morgan fingerprint density at radius 2 is 1.70 bits per heavy atom. The van der Waals surface area contributed by atoms with Crippen molar-refractivity contribution in [3.05, 3.63) is 64.7 Å². The van der Waals surface area contributed by atoms with Crippen LogP contribution in [0.2, 0.25) is 0 Å². The topological polar surface area (TPSA) is 58.6 Å². The van der Waals surface area contributed by atoms with Gasteiger partial charge < -0.3 is 15.0 Å². The SMILES string of the molecule is COc1ccc(CN(C(=O)Cc2cc(C)ccc2C)[C@@H](C)C(=O)NCC(C)C)cc1. The molecule has 0 aliphatic heterocycles. The smallest absolute Gasteiger partial charge is 0.242 e. The maximum atomic E-state index is 13.3. The maximum Gasteiger partial charge on any atom is 0.242 e. The molecule has 2 aromatic carbocycles. The average Bonchev–Trinajstić information content (AvgIpc) is 2.72. The minimum absolute atomic E-state index is 0.0632. The molecule has 5 nitrogen and oxygen atoms in total. The number of amides is 2. The van der Waals surface area contributed by atoms with Gasteiger partial charge in [0.15, 0.2) is 0 Å². The van der Waals surface area contributed by atoms with Crippen molar-refractivity contribution in [1.82, 2.24) is 10.2 Å². The molecular formula is C25H34N2O3. The van der Waals surface area contributed by atoms with Gasteiger partial charge in [0.05, 0.1) is 13.5 Å². The third kappa shape index (κ3) is 6.61. The molecule has 1 atom stereocenters. The Kier molecular flexibility index (Phi) is 8.46. The predicted molar refractivity (Wildman–Crippen MR) is 120 cm³/mol. The van der Waals surface area contributed by atoms with E-state index in [1.165, 1.54) is 0 Å². The van der Waals surface area contributed by atoms with Crippen molar-refractivity contribution >= 4 is 11.8 Å². The normalized spacial score (nSPS) is 11.8. The fraction of sp³-hybridized carbons (Fsp3) is 0.440. The molecule has 0 aromatic heterocycles. The fourth-order valence-corrected chi connectivity index (χ4v) is 3.22. The van der Waals surface area contributed by atoms with Crippen molar-refractivity contribution in [3.63, 3.8) is 0 Å². The number of benzene rings is 2. The van der Waals surface area contributed by atoms with Crippen LogP contribution in [0.3, 0.4) is 0 Å². The van der Waals surface area contributed by atoms with E-state index < -0.39 is 6.04 Å². The zero-order valence-corrected chi connectivity index (χ0v) is 19.0. The number of carbonyl (C=O) groups excluding carboxylic acids is 2. The quantitative estimate of drug-likeness (QED) is 0.679. The standard InChI is InChI=1S/C25H34N2O3/c1-17(2)15-26-25(29)20(5)27(16-21-9-11-23(30-6)12-10-21)24(28)14-22-13-18(3)7-8-19(22)4/h7-13,17,20H,14-16H2,1-6H3,(H,26,29)/t20-/m0/s1. The highest BCUT2D eigenvalue weighted by molar-refractivity contribution is 5.88. The van der Waals surface area contributed by atoms with Gasteiger partial charge in [-0.2, -0.15) is 0 Å². The molecule has 162 valence electrons. The Balaban J connectivity index is 2.24. The molecule has 30 heavy (non-hydrogen) atoms. The summed E-state index contributed by atoms with van der Waals surface area (Å²) >= 11 is 0. The number of methoxy groups -OCH3 is 1. The van der Waals surface area contributed by atoms with Crippen LogP contribution in [0.15, 0.2) is 42.5 Å². The van der Waals surface area contributed by atoms with Gasteiger partial charge in [-0.15, -0.1) is 0 Å². The third-order valence-corrected chi connectivity index (χ3v) is 5.21. The fourth-order valence-electron chi connectivity index (χ4n) is 3.22. The van der Waals surface area contributed by atoms with Crippen LogP contribution < -0.4 is 10.1 Å². The average molecular weight is 411 g/mol. The zero-order valence-electron chi connectivity index (χ0n) is 19.0. The third-order valence-electron chi connectivity index (χ3n) is 5.21. The summed E-state index contributed by atoms with van der Waals surface area (Å²) in [5, 5.41) is 2.95. The Labute approximate surface area is 180 Å². The number of carbonyl (C=O) groups is 2. The Morgan fingerprint density at radius 1 is 1.03 bits per heavy atom. The molecule has 0 bridgehead atoms. The summed E-state index contributed by atoms with van der Waals surface area (Å²) in [7, 11) is 1.62. The first-order valence-electron chi connectivity index (χ1n) is 10.5. The molecule has 0 spiro atoms. The lowest BCUT2D eigenvalue weighted by molar-refractivity contribution is -0.140. The summed E-state index contributed by atoms with van der Waals surface area (Å²) in [5.41, 5.74) is 4.14. The van der Waals surface area contributed by atoms with E-state index in [-0.39, 0.29) is 18.2 Å². The lowest BCUT2D eigenvalue weighted by Gasteiger charge is -2.29. The highest BCUT2D eigenvalue weighted by atomic mass is 16.5. The molecule has 2 rings (SSSR count). The summed E-state index contributed by atoms with van der Waals surface area (Å²) in [6.45, 7) is 10.9. The molecule has 0 saturated carbocycles. The predicted octanol–water partition coefficient (Wildman–Crippen LogP) is 4.04. The summed E-state index contributed by atoms with van der Waals surface area (Å²) in [6, 6.07) is 13.1. The van der Waals surface area contributed by atoms with E-state index in [9.17, 15) is 9.59 Å². The molecule has 0 unspecified atom stereocenters. The van der Waals surface area contributed by atoms with Crippen molar-refractivity contribution in [2.24, 2.45) is 5.92 Å². The van der Waals surface area contributed by atoms with Crippen LogP contribution in [-0.4, -0.2) is 36.4 Å². The summed E-state index contributed by atoms with van der Waals surface area (Å²) in [6.07, 6.45) is 0.269. The first-order chi connectivity index (χ1) is 14.2. The Morgan fingerprint density at radius 3 is 2.30 bits per heavy atom. The van der Waals surface area contributed by atoms with Crippen LogP contribution in [0, 0.1) is 19.8 Å². The van der Waals surface area contributed by atoms with E-state index in [4.69, 9.17) is 4.74 Å². The van der Waals surface area contributed by atoms with Crippen molar-refractivity contribution < 1.29 is 14.3 Å². The van der Waals surface area contributed by atoms with E-state index >= 15 is 0 Å². The van der Waals surface area contributed by atoms with Gasteiger partial charge in [0.2, 0.25) is 11.8 Å². The van der Waals surface area contributed by atoms with E-state index in [0.717, 1.165) is 28.0 Å². The van der Waals surface area contributed by atoms with Crippen molar-refractivity contribution in [3.8, 4) is 5.75 Å². The van der Waals surface area contributed by atoms with Gasteiger partial charge in [0.25, 0.3) is 0 Å². The van der Waals surface area contributed by atoms with E-state index in [1.54, 1.807) is 18.9 Å². The monoisotopic (exact) mass is 410 g/mol. The summed E-state index contributed by atoms with van der Waals surface area (Å²) in [4.78, 5) is 27.7. The molecule has 0 radical (unpaired) electrons. The van der Waals surface area contributed by atoms with Crippen LogP contribution in [0.1, 0.15) is 43.0 Å². The van der Waals surface area contributed by atoms with E-state index in [1.807, 2.05) is 70.2 Å². The Hall–Kier alpha value is -2.82.